The Morgan fingerprint density at radius 1 is 1.50 bits per heavy atom. The molecule has 1 fully saturated rings. The normalized spacial score (nSPS) is 22.8. The first kappa shape index (κ1) is 7.49. The molecule has 4 heteroatoms. The summed E-state index contributed by atoms with van der Waals surface area (Å²) in [5.74, 6) is 0.461. The third-order valence-corrected chi connectivity index (χ3v) is 1.93. The maximum atomic E-state index is 5.50. The zero-order valence-corrected chi connectivity index (χ0v) is 6.73. The molecule has 2 heterocycles. The van der Waals surface area contributed by atoms with Crippen LogP contribution in [-0.2, 0) is 4.74 Å². The first-order valence-electron chi connectivity index (χ1n) is 4.05. The molecule has 4 nitrogen and oxygen atoms in total. The van der Waals surface area contributed by atoms with Crippen molar-refractivity contribution in [2.24, 2.45) is 0 Å². The van der Waals surface area contributed by atoms with Crippen LogP contribution in [0.4, 0.5) is 5.82 Å². The Morgan fingerprint density at radius 3 is 3.08 bits per heavy atom. The van der Waals surface area contributed by atoms with Gasteiger partial charge in [-0.3, -0.25) is 4.98 Å². The molecular weight excluding hydrogens is 154 g/mol. The lowest BCUT2D eigenvalue weighted by Crippen LogP contribution is -2.02. The molecule has 1 saturated heterocycles. The van der Waals surface area contributed by atoms with E-state index in [0.717, 1.165) is 25.1 Å². The molecule has 1 aliphatic heterocycles. The monoisotopic (exact) mass is 165 g/mol. The predicted octanol–water partition coefficient (Wildman–Crippen LogP) is 0.910. The molecule has 64 valence electrons. The number of nitrogens with zero attached hydrogens (tertiary/aromatic N) is 2. The summed E-state index contributed by atoms with van der Waals surface area (Å²) in [6.07, 6.45) is 5.49. The first-order valence-corrected chi connectivity index (χ1v) is 4.05. The zero-order chi connectivity index (χ0) is 8.39. The van der Waals surface area contributed by atoms with Crippen molar-refractivity contribution < 1.29 is 4.74 Å². The smallest absolute Gasteiger partial charge is 0.142 e. The molecular formula is C8H11N3O. The summed E-state index contributed by atoms with van der Waals surface area (Å²) in [5.41, 5.74) is 6.35. The van der Waals surface area contributed by atoms with Crippen LogP contribution in [0.3, 0.4) is 0 Å². The van der Waals surface area contributed by atoms with Crippen LogP contribution >= 0.6 is 0 Å². The van der Waals surface area contributed by atoms with Gasteiger partial charge in [0, 0.05) is 6.61 Å². The van der Waals surface area contributed by atoms with E-state index in [2.05, 4.69) is 9.97 Å². The number of anilines is 1. The number of hydrogen-bond donors (Lipinski definition) is 1. The van der Waals surface area contributed by atoms with Crippen LogP contribution in [0.5, 0.6) is 0 Å². The summed E-state index contributed by atoms with van der Waals surface area (Å²) in [6, 6.07) is 0. The Bertz CT molecular complexity index is 271. The van der Waals surface area contributed by atoms with E-state index in [-0.39, 0.29) is 6.10 Å². The molecule has 1 unspecified atom stereocenters. The highest BCUT2D eigenvalue weighted by molar-refractivity contribution is 5.24. The maximum absolute atomic E-state index is 5.50. The molecule has 2 rings (SSSR count). The molecule has 0 saturated carbocycles. The van der Waals surface area contributed by atoms with Crippen LogP contribution in [0.2, 0.25) is 0 Å². The minimum Gasteiger partial charge on any atom is -0.382 e. The molecule has 12 heavy (non-hydrogen) atoms. The number of hydrogen-bond acceptors (Lipinski definition) is 4. The molecule has 2 N–H and O–H groups in total. The number of nitrogens with two attached hydrogens (primary N) is 1. The van der Waals surface area contributed by atoms with Crippen LogP contribution in [0.1, 0.15) is 24.6 Å². The van der Waals surface area contributed by atoms with Gasteiger partial charge in [0.25, 0.3) is 0 Å². The topological polar surface area (TPSA) is 61.0 Å². The van der Waals surface area contributed by atoms with Crippen molar-refractivity contribution in [2.45, 2.75) is 18.9 Å². The zero-order valence-electron chi connectivity index (χ0n) is 6.73. The molecule has 0 amide bonds. The fourth-order valence-electron chi connectivity index (χ4n) is 1.36. The van der Waals surface area contributed by atoms with Gasteiger partial charge in [-0.2, -0.15) is 0 Å². The molecule has 1 atom stereocenters. The van der Waals surface area contributed by atoms with Crippen LogP contribution in [0, 0.1) is 0 Å². The standard InChI is InChI=1S/C8H11N3O/c9-8-5-10-4-6(11-8)7-2-1-3-12-7/h4-5,7H,1-3H2,(H2,9,11). The lowest BCUT2D eigenvalue weighted by Gasteiger charge is -2.07. The second-order valence-electron chi connectivity index (χ2n) is 2.87. The number of aromatic nitrogens is 2. The summed E-state index contributed by atoms with van der Waals surface area (Å²) in [6.45, 7) is 0.821. The van der Waals surface area contributed by atoms with Gasteiger partial charge in [0.05, 0.1) is 18.1 Å². The molecule has 0 aliphatic carbocycles. The SMILES string of the molecule is Nc1cncc(C2CCCO2)n1. The summed E-state index contributed by atoms with van der Waals surface area (Å²) < 4.78 is 5.44. The van der Waals surface area contributed by atoms with E-state index in [1.54, 1.807) is 12.4 Å². The van der Waals surface area contributed by atoms with Gasteiger partial charge in [-0.25, -0.2) is 4.98 Å². The number of nitrogen functional groups attached to an aromatic ring is 1. The molecule has 0 radical (unpaired) electrons. The lowest BCUT2D eigenvalue weighted by atomic mass is 10.2. The van der Waals surface area contributed by atoms with Crippen LogP contribution in [0.15, 0.2) is 12.4 Å². The Labute approximate surface area is 70.8 Å². The van der Waals surface area contributed by atoms with Crippen LogP contribution < -0.4 is 5.73 Å². The van der Waals surface area contributed by atoms with Crippen LogP contribution in [0.25, 0.3) is 0 Å². The van der Waals surface area contributed by atoms with E-state index in [1.807, 2.05) is 0 Å². The van der Waals surface area contributed by atoms with E-state index < -0.39 is 0 Å². The molecule has 1 aliphatic rings. The molecule has 1 aromatic rings. The highest BCUT2D eigenvalue weighted by atomic mass is 16.5. The molecule has 0 aromatic carbocycles. The van der Waals surface area contributed by atoms with Crippen molar-refractivity contribution >= 4 is 5.82 Å². The quantitative estimate of drug-likeness (QED) is 0.671. The summed E-state index contributed by atoms with van der Waals surface area (Å²) in [7, 11) is 0. The van der Waals surface area contributed by atoms with Gasteiger partial charge in [-0.15, -0.1) is 0 Å². The molecule has 1 aromatic heterocycles. The second-order valence-corrected chi connectivity index (χ2v) is 2.87. The van der Waals surface area contributed by atoms with Crippen molar-refractivity contribution in [2.75, 3.05) is 12.3 Å². The van der Waals surface area contributed by atoms with Gasteiger partial charge in [0.2, 0.25) is 0 Å². The minimum atomic E-state index is 0.112. The average molecular weight is 165 g/mol. The van der Waals surface area contributed by atoms with Crippen molar-refractivity contribution in [3.63, 3.8) is 0 Å². The van der Waals surface area contributed by atoms with Crippen LogP contribution in [-0.4, -0.2) is 16.6 Å². The highest BCUT2D eigenvalue weighted by Crippen LogP contribution is 2.26. The molecule has 0 spiro atoms. The Hall–Kier alpha value is -1.16. The van der Waals surface area contributed by atoms with Gasteiger partial charge in [-0.1, -0.05) is 0 Å². The van der Waals surface area contributed by atoms with Crippen molar-refractivity contribution in [3.8, 4) is 0 Å². The van der Waals surface area contributed by atoms with E-state index in [1.165, 1.54) is 0 Å². The summed E-state index contributed by atoms with van der Waals surface area (Å²) in [4.78, 5) is 8.11. The van der Waals surface area contributed by atoms with Gasteiger partial charge in [-0.05, 0) is 12.8 Å². The third kappa shape index (κ3) is 1.38. The number of ether oxygens (including phenoxy) is 1. The van der Waals surface area contributed by atoms with Gasteiger partial charge in [0.1, 0.15) is 11.9 Å². The van der Waals surface area contributed by atoms with Crippen molar-refractivity contribution in [3.05, 3.63) is 18.1 Å². The van der Waals surface area contributed by atoms with E-state index in [4.69, 9.17) is 10.5 Å². The lowest BCUT2D eigenvalue weighted by molar-refractivity contribution is 0.108. The van der Waals surface area contributed by atoms with Gasteiger partial charge >= 0.3 is 0 Å². The van der Waals surface area contributed by atoms with Gasteiger partial charge < -0.3 is 10.5 Å². The fourth-order valence-corrected chi connectivity index (χ4v) is 1.36. The largest absolute Gasteiger partial charge is 0.382 e. The van der Waals surface area contributed by atoms with Gasteiger partial charge in [0.15, 0.2) is 0 Å². The van der Waals surface area contributed by atoms with Crippen molar-refractivity contribution in [1.82, 2.24) is 9.97 Å². The average Bonchev–Trinajstić information content (AvgIpc) is 2.56. The van der Waals surface area contributed by atoms with E-state index in [9.17, 15) is 0 Å². The molecule has 0 bridgehead atoms. The summed E-state index contributed by atoms with van der Waals surface area (Å²) >= 11 is 0. The summed E-state index contributed by atoms with van der Waals surface area (Å²) in [5, 5.41) is 0. The number of rotatable bonds is 1. The van der Waals surface area contributed by atoms with Crippen molar-refractivity contribution in [1.29, 1.82) is 0 Å². The maximum Gasteiger partial charge on any atom is 0.142 e. The highest BCUT2D eigenvalue weighted by Gasteiger charge is 2.18. The fraction of sp³-hybridized carbons (Fsp3) is 0.500. The predicted molar refractivity (Wildman–Crippen MR) is 44.4 cm³/mol. The Balaban J connectivity index is 2.21. The Morgan fingerprint density at radius 2 is 2.42 bits per heavy atom. The second kappa shape index (κ2) is 3.06. The minimum absolute atomic E-state index is 0.112. The van der Waals surface area contributed by atoms with E-state index in [0.29, 0.717) is 5.82 Å². The Kier molecular flexibility index (Phi) is 1.91. The van der Waals surface area contributed by atoms with E-state index >= 15 is 0 Å². The first-order chi connectivity index (χ1) is 5.86. The third-order valence-electron chi connectivity index (χ3n) is 1.93.